The van der Waals surface area contributed by atoms with Crippen LogP contribution in [0.5, 0.6) is 0 Å². The number of hydrogen-bond donors (Lipinski definition) is 0. The Morgan fingerprint density at radius 3 is 2.80 bits per heavy atom. The molecule has 0 spiro atoms. The van der Waals surface area contributed by atoms with Crippen LogP contribution in [0.2, 0.25) is 0 Å². The van der Waals surface area contributed by atoms with Crippen LogP contribution in [0.25, 0.3) is 0 Å². The lowest BCUT2D eigenvalue weighted by Gasteiger charge is -2.24. The summed E-state index contributed by atoms with van der Waals surface area (Å²) in [5.74, 6) is 1.50. The van der Waals surface area contributed by atoms with Gasteiger partial charge in [0.05, 0.1) is 17.5 Å². The highest BCUT2D eigenvalue weighted by Gasteiger charge is 2.47. The fourth-order valence-electron chi connectivity index (χ4n) is 3.74. The molecule has 5 nitrogen and oxygen atoms in total. The summed E-state index contributed by atoms with van der Waals surface area (Å²) in [6, 6.07) is 13.8. The van der Waals surface area contributed by atoms with Gasteiger partial charge in [-0.1, -0.05) is 12.1 Å². The molecule has 1 saturated carbocycles. The van der Waals surface area contributed by atoms with E-state index >= 15 is 0 Å². The molecule has 128 valence electrons. The monoisotopic (exact) mass is 335 g/mol. The molecule has 2 aromatic rings. The van der Waals surface area contributed by atoms with Crippen molar-refractivity contribution in [3.63, 3.8) is 0 Å². The van der Waals surface area contributed by atoms with Gasteiger partial charge in [-0.15, -0.1) is 0 Å². The molecule has 1 aliphatic heterocycles. The van der Waals surface area contributed by atoms with Gasteiger partial charge in [0.1, 0.15) is 11.8 Å². The first-order valence-corrected chi connectivity index (χ1v) is 8.84. The normalized spacial score (nSPS) is 23.0. The van der Waals surface area contributed by atoms with Crippen LogP contribution in [0.4, 0.5) is 5.69 Å². The van der Waals surface area contributed by atoms with Crippen molar-refractivity contribution in [2.45, 2.75) is 18.8 Å². The Kier molecular flexibility index (Phi) is 4.19. The SMILES string of the molecule is N#Cc1ccccc1N1CCCN(C(=O)[C@@H]2C[C@@H]2c2ccco2)CC1. The van der Waals surface area contributed by atoms with Crippen LogP contribution in [-0.4, -0.2) is 37.0 Å². The van der Waals surface area contributed by atoms with E-state index in [9.17, 15) is 10.1 Å². The van der Waals surface area contributed by atoms with Crippen molar-refractivity contribution in [1.82, 2.24) is 4.90 Å². The Morgan fingerprint density at radius 2 is 2.00 bits per heavy atom. The molecule has 0 N–H and O–H groups in total. The minimum Gasteiger partial charge on any atom is -0.469 e. The minimum atomic E-state index is 0.0732. The van der Waals surface area contributed by atoms with E-state index in [1.165, 1.54) is 0 Å². The molecule has 1 saturated heterocycles. The van der Waals surface area contributed by atoms with E-state index in [0.717, 1.165) is 43.9 Å². The number of amides is 1. The summed E-state index contributed by atoms with van der Waals surface area (Å²) in [7, 11) is 0. The fourth-order valence-corrected chi connectivity index (χ4v) is 3.74. The van der Waals surface area contributed by atoms with Crippen molar-refractivity contribution in [1.29, 1.82) is 5.26 Å². The van der Waals surface area contributed by atoms with E-state index in [1.807, 2.05) is 41.3 Å². The second-order valence-corrected chi connectivity index (χ2v) is 6.76. The number of anilines is 1. The molecular weight excluding hydrogens is 314 g/mol. The summed E-state index contributed by atoms with van der Waals surface area (Å²) in [4.78, 5) is 17.0. The number of benzene rings is 1. The number of rotatable bonds is 3. The van der Waals surface area contributed by atoms with E-state index in [4.69, 9.17) is 4.42 Å². The van der Waals surface area contributed by atoms with Crippen LogP contribution >= 0.6 is 0 Å². The Morgan fingerprint density at radius 1 is 1.12 bits per heavy atom. The van der Waals surface area contributed by atoms with Crippen molar-refractivity contribution >= 4 is 11.6 Å². The number of nitrogens with zero attached hydrogens (tertiary/aromatic N) is 3. The first-order valence-electron chi connectivity index (χ1n) is 8.84. The number of furan rings is 1. The smallest absolute Gasteiger partial charge is 0.226 e. The van der Waals surface area contributed by atoms with Crippen molar-refractivity contribution in [3.8, 4) is 6.07 Å². The Labute approximate surface area is 147 Å². The predicted molar refractivity (Wildman–Crippen MR) is 94.1 cm³/mol. The third kappa shape index (κ3) is 3.12. The molecule has 2 heterocycles. The second kappa shape index (κ2) is 6.64. The van der Waals surface area contributed by atoms with Gasteiger partial charge in [-0.05, 0) is 37.1 Å². The number of nitriles is 1. The number of para-hydroxylation sites is 1. The van der Waals surface area contributed by atoms with Gasteiger partial charge in [-0.3, -0.25) is 4.79 Å². The lowest BCUT2D eigenvalue weighted by atomic mass is 10.1. The van der Waals surface area contributed by atoms with Gasteiger partial charge in [0.2, 0.25) is 5.91 Å². The van der Waals surface area contributed by atoms with Crippen LogP contribution in [0.15, 0.2) is 47.1 Å². The van der Waals surface area contributed by atoms with Crippen molar-refractivity contribution in [2.24, 2.45) is 5.92 Å². The number of carbonyl (C=O) groups excluding carboxylic acids is 1. The van der Waals surface area contributed by atoms with Gasteiger partial charge in [0, 0.05) is 38.0 Å². The van der Waals surface area contributed by atoms with E-state index < -0.39 is 0 Å². The maximum absolute atomic E-state index is 12.8. The van der Waals surface area contributed by atoms with Crippen molar-refractivity contribution in [3.05, 3.63) is 54.0 Å². The zero-order valence-corrected chi connectivity index (χ0v) is 14.1. The maximum atomic E-state index is 12.8. The lowest BCUT2D eigenvalue weighted by Crippen LogP contribution is -2.36. The molecule has 2 fully saturated rings. The lowest BCUT2D eigenvalue weighted by molar-refractivity contribution is -0.132. The Bertz CT molecular complexity index is 794. The van der Waals surface area contributed by atoms with Crippen molar-refractivity contribution < 1.29 is 9.21 Å². The van der Waals surface area contributed by atoms with Crippen LogP contribution in [-0.2, 0) is 4.79 Å². The minimum absolute atomic E-state index is 0.0732. The molecule has 0 unspecified atom stereocenters. The van der Waals surface area contributed by atoms with Gasteiger partial charge in [-0.25, -0.2) is 0 Å². The highest BCUT2D eigenvalue weighted by Crippen LogP contribution is 2.48. The maximum Gasteiger partial charge on any atom is 0.226 e. The average molecular weight is 335 g/mol. The molecule has 0 bridgehead atoms. The molecule has 1 amide bonds. The molecule has 4 rings (SSSR count). The molecule has 0 radical (unpaired) electrons. The number of carbonyl (C=O) groups is 1. The van der Waals surface area contributed by atoms with Crippen LogP contribution in [0, 0.1) is 17.2 Å². The summed E-state index contributed by atoms with van der Waals surface area (Å²) in [5, 5.41) is 9.31. The quantitative estimate of drug-likeness (QED) is 0.865. The summed E-state index contributed by atoms with van der Waals surface area (Å²) < 4.78 is 5.44. The molecule has 2 aliphatic rings. The van der Waals surface area contributed by atoms with Gasteiger partial charge in [0.25, 0.3) is 0 Å². The largest absolute Gasteiger partial charge is 0.469 e. The van der Waals surface area contributed by atoms with Crippen molar-refractivity contribution in [2.75, 3.05) is 31.1 Å². The molecule has 2 atom stereocenters. The summed E-state index contributed by atoms with van der Waals surface area (Å²) in [6.45, 7) is 3.13. The van der Waals surface area contributed by atoms with E-state index in [0.29, 0.717) is 12.1 Å². The topological polar surface area (TPSA) is 60.5 Å². The standard InChI is InChI=1S/C20H21N3O2/c21-14-15-5-1-2-6-18(15)22-8-4-9-23(11-10-22)20(24)17-13-16(17)19-7-3-12-25-19/h1-3,5-7,12,16-17H,4,8-11,13H2/t16-,17+/m0/s1. The molecule has 1 aromatic heterocycles. The molecular formula is C20H21N3O2. The van der Waals surface area contributed by atoms with Gasteiger partial charge in [0.15, 0.2) is 0 Å². The summed E-state index contributed by atoms with van der Waals surface area (Å²) in [5.41, 5.74) is 1.67. The summed E-state index contributed by atoms with van der Waals surface area (Å²) in [6.07, 6.45) is 3.49. The van der Waals surface area contributed by atoms with E-state index in [-0.39, 0.29) is 17.7 Å². The molecule has 1 aromatic carbocycles. The Balaban J connectivity index is 1.40. The highest BCUT2D eigenvalue weighted by molar-refractivity contribution is 5.83. The number of hydrogen-bond acceptors (Lipinski definition) is 4. The van der Waals surface area contributed by atoms with Gasteiger partial charge < -0.3 is 14.2 Å². The highest BCUT2D eigenvalue weighted by atomic mass is 16.3. The van der Waals surface area contributed by atoms with Crippen LogP contribution < -0.4 is 4.90 Å². The molecule has 1 aliphatic carbocycles. The Hall–Kier alpha value is -2.74. The van der Waals surface area contributed by atoms with E-state index in [2.05, 4.69) is 11.0 Å². The first-order chi connectivity index (χ1) is 12.3. The third-order valence-corrected chi connectivity index (χ3v) is 5.19. The van der Waals surface area contributed by atoms with Crippen LogP contribution in [0.3, 0.4) is 0 Å². The predicted octanol–water partition coefficient (Wildman–Crippen LogP) is 2.99. The zero-order valence-electron chi connectivity index (χ0n) is 14.1. The molecule has 25 heavy (non-hydrogen) atoms. The second-order valence-electron chi connectivity index (χ2n) is 6.76. The van der Waals surface area contributed by atoms with Gasteiger partial charge in [-0.2, -0.15) is 5.26 Å². The fraction of sp³-hybridized carbons (Fsp3) is 0.400. The third-order valence-electron chi connectivity index (χ3n) is 5.19. The van der Waals surface area contributed by atoms with Gasteiger partial charge >= 0.3 is 0 Å². The molecule has 5 heteroatoms. The zero-order chi connectivity index (χ0) is 17.2. The summed E-state index contributed by atoms with van der Waals surface area (Å²) >= 11 is 0. The first kappa shape index (κ1) is 15.8. The average Bonchev–Trinajstić information content (AvgIpc) is 3.34. The van der Waals surface area contributed by atoms with Crippen LogP contribution in [0.1, 0.15) is 30.1 Å². The van der Waals surface area contributed by atoms with E-state index in [1.54, 1.807) is 6.26 Å².